The Hall–Kier alpha value is -1.71. The molecule has 0 spiro atoms. The van der Waals surface area contributed by atoms with E-state index in [2.05, 4.69) is 10.2 Å². The number of phenolic OH excluding ortho intramolecular Hbond substituents is 1. The summed E-state index contributed by atoms with van der Waals surface area (Å²) in [7, 11) is 0. The summed E-state index contributed by atoms with van der Waals surface area (Å²) >= 11 is 5.82. The van der Waals surface area contributed by atoms with Crippen molar-refractivity contribution in [2.45, 2.75) is 0 Å². The number of nitrogens with zero attached hydrogens (tertiary/aromatic N) is 2. The Bertz CT molecular complexity index is 713. The smallest absolute Gasteiger partial charge is 0.251 e. The van der Waals surface area contributed by atoms with E-state index in [1.54, 1.807) is 48.5 Å². The second-order valence-corrected chi connectivity index (χ2v) is 4.37. The van der Waals surface area contributed by atoms with Gasteiger partial charge in [-0.2, -0.15) is 0 Å². The van der Waals surface area contributed by atoms with Crippen LogP contribution in [-0.2, 0) is 19.5 Å². The molecule has 1 N–H and O–H groups in total. The van der Waals surface area contributed by atoms with Crippen LogP contribution in [0.15, 0.2) is 52.9 Å². The van der Waals surface area contributed by atoms with Crippen molar-refractivity contribution < 1.29 is 29.0 Å². The summed E-state index contributed by atoms with van der Waals surface area (Å²) in [5.74, 6) is 0.770. The van der Waals surface area contributed by atoms with E-state index in [4.69, 9.17) is 16.0 Å². The average Bonchev–Trinajstić information content (AvgIpc) is 2.89. The maximum atomic E-state index is 9.73. The van der Waals surface area contributed by atoms with E-state index in [9.17, 15) is 5.11 Å². The molecular weight excluding hydrogens is 329 g/mol. The monoisotopic (exact) mass is 336 g/mol. The maximum Gasteiger partial charge on any atom is 0.251 e. The molecule has 0 saturated heterocycles. The van der Waals surface area contributed by atoms with Gasteiger partial charge in [-0.3, -0.25) is 0 Å². The van der Waals surface area contributed by atoms with Crippen molar-refractivity contribution >= 4 is 11.6 Å². The molecule has 0 aliphatic carbocycles. The first-order valence-electron chi connectivity index (χ1n) is 5.62. The SMILES string of the molecule is Oc1ccccc1-c1nnc(-c2ccc(Cl)cc2)o1.[Zn]. The van der Waals surface area contributed by atoms with Crippen molar-refractivity contribution in [2.75, 3.05) is 0 Å². The van der Waals surface area contributed by atoms with Gasteiger partial charge in [0.2, 0.25) is 5.89 Å². The van der Waals surface area contributed by atoms with Gasteiger partial charge in [-0.15, -0.1) is 10.2 Å². The summed E-state index contributed by atoms with van der Waals surface area (Å²) in [6.45, 7) is 0. The first-order valence-corrected chi connectivity index (χ1v) is 5.99. The Morgan fingerprint density at radius 3 is 2.25 bits per heavy atom. The number of benzene rings is 2. The summed E-state index contributed by atoms with van der Waals surface area (Å²) in [6, 6.07) is 13.9. The molecule has 0 saturated carbocycles. The molecule has 96 valence electrons. The van der Waals surface area contributed by atoms with Gasteiger partial charge in [0.05, 0.1) is 5.56 Å². The molecule has 0 aliphatic rings. The molecular formula is C14H9ClN2O2Zn. The molecule has 3 aromatic rings. The molecule has 6 heteroatoms. The molecule has 0 aliphatic heterocycles. The van der Waals surface area contributed by atoms with Crippen molar-refractivity contribution in [1.82, 2.24) is 10.2 Å². The topological polar surface area (TPSA) is 59.2 Å². The number of hydrogen-bond acceptors (Lipinski definition) is 4. The van der Waals surface area contributed by atoms with Gasteiger partial charge in [-0.05, 0) is 36.4 Å². The minimum Gasteiger partial charge on any atom is -0.507 e. The molecule has 4 nitrogen and oxygen atoms in total. The van der Waals surface area contributed by atoms with E-state index in [0.29, 0.717) is 16.5 Å². The van der Waals surface area contributed by atoms with Gasteiger partial charge < -0.3 is 9.52 Å². The second kappa shape index (κ2) is 6.16. The zero-order chi connectivity index (χ0) is 13.2. The third-order valence-electron chi connectivity index (χ3n) is 2.65. The summed E-state index contributed by atoms with van der Waals surface area (Å²) in [6.07, 6.45) is 0. The quantitative estimate of drug-likeness (QED) is 0.723. The molecule has 0 amide bonds. The number of halogens is 1. The molecule has 0 fully saturated rings. The van der Waals surface area contributed by atoms with Crippen molar-refractivity contribution in [3.05, 3.63) is 53.6 Å². The average molecular weight is 338 g/mol. The van der Waals surface area contributed by atoms with E-state index in [-0.39, 0.29) is 31.1 Å². The third-order valence-corrected chi connectivity index (χ3v) is 2.90. The van der Waals surface area contributed by atoms with Crippen molar-refractivity contribution in [1.29, 1.82) is 0 Å². The zero-order valence-corrected chi connectivity index (χ0v) is 14.2. The van der Waals surface area contributed by atoms with Crippen LogP contribution >= 0.6 is 11.6 Å². The van der Waals surface area contributed by atoms with Crippen molar-refractivity contribution in [3.63, 3.8) is 0 Å². The molecule has 0 radical (unpaired) electrons. The number of hydrogen-bond donors (Lipinski definition) is 1. The van der Waals surface area contributed by atoms with Crippen LogP contribution in [-0.4, -0.2) is 15.3 Å². The van der Waals surface area contributed by atoms with Crippen LogP contribution in [0.5, 0.6) is 5.75 Å². The van der Waals surface area contributed by atoms with E-state index >= 15 is 0 Å². The first-order chi connectivity index (χ1) is 9.24. The third kappa shape index (κ3) is 2.89. The molecule has 1 heterocycles. The van der Waals surface area contributed by atoms with Crippen LogP contribution in [0.1, 0.15) is 0 Å². The predicted molar refractivity (Wildman–Crippen MR) is 71.8 cm³/mol. The Morgan fingerprint density at radius 2 is 1.55 bits per heavy atom. The molecule has 2 aromatic carbocycles. The van der Waals surface area contributed by atoms with Crippen LogP contribution < -0.4 is 0 Å². The summed E-state index contributed by atoms with van der Waals surface area (Å²) in [4.78, 5) is 0. The van der Waals surface area contributed by atoms with Crippen molar-refractivity contribution in [2.24, 2.45) is 0 Å². The van der Waals surface area contributed by atoms with Crippen LogP contribution in [0, 0.1) is 0 Å². The maximum absolute atomic E-state index is 9.73. The Labute approximate surface area is 133 Å². The van der Waals surface area contributed by atoms with Gasteiger partial charge in [0, 0.05) is 30.1 Å². The number of aromatic nitrogens is 2. The van der Waals surface area contributed by atoms with Crippen LogP contribution in [0.2, 0.25) is 5.02 Å². The zero-order valence-electron chi connectivity index (χ0n) is 10.5. The Balaban J connectivity index is 0.00000147. The number of rotatable bonds is 2. The largest absolute Gasteiger partial charge is 0.507 e. The van der Waals surface area contributed by atoms with E-state index in [1.807, 2.05) is 0 Å². The van der Waals surface area contributed by atoms with Gasteiger partial charge >= 0.3 is 0 Å². The molecule has 1 aromatic heterocycles. The van der Waals surface area contributed by atoms with Gasteiger partial charge in [0.15, 0.2) is 0 Å². The Kier molecular flexibility index (Phi) is 4.53. The second-order valence-electron chi connectivity index (χ2n) is 3.94. The summed E-state index contributed by atoms with van der Waals surface area (Å²) in [5.41, 5.74) is 1.29. The van der Waals surface area contributed by atoms with Gasteiger partial charge in [-0.1, -0.05) is 23.7 Å². The number of phenols is 1. The summed E-state index contributed by atoms with van der Waals surface area (Å²) in [5, 5.41) is 18.3. The van der Waals surface area contributed by atoms with Crippen molar-refractivity contribution in [3.8, 4) is 28.7 Å². The standard InChI is InChI=1S/C14H9ClN2O2.Zn/c15-10-7-5-9(6-8-10)13-16-17-14(19-13)11-3-1-2-4-12(11)18;/h1-8,18H;. The normalized spacial score (nSPS) is 10.1. The van der Waals surface area contributed by atoms with Gasteiger partial charge in [-0.25, -0.2) is 0 Å². The molecule has 0 unspecified atom stereocenters. The Morgan fingerprint density at radius 1 is 0.900 bits per heavy atom. The fourth-order valence-electron chi connectivity index (χ4n) is 1.70. The number of aromatic hydroxyl groups is 1. The molecule has 0 bridgehead atoms. The molecule has 0 atom stereocenters. The van der Waals surface area contributed by atoms with E-state index in [1.165, 1.54) is 0 Å². The summed E-state index contributed by atoms with van der Waals surface area (Å²) < 4.78 is 5.55. The van der Waals surface area contributed by atoms with Gasteiger partial charge in [0.1, 0.15) is 5.75 Å². The minimum atomic E-state index is 0. The van der Waals surface area contributed by atoms with Crippen LogP contribution in [0.4, 0.5) is 0 Å². The van der Waals surface area contributed by atoms with E-state index < -0.39 is 0 Å². The fourth-order valence-corrected chi connectivity index (χ4v) is 1.82. The molecule has 20 heavy (non-hydrogen) atoms. The molecule has 3 rings (SSSR count). The van der Waals surface area contributed by atoms with Crippen LogP contribution in [0.25, 0.3) is 22.9 Å². The number of para-hydroxylation sites is 1. The predicted octanol–water partition coefficient (Wildman–Crippen LogP) is 3.76. The fraction of sp³-hybridized carbons (Fsp3) is 0. The van der Waals surface area contributed by atoms with Crippen LogP contribution in [0.3, 0.4) is 0 Å². The minimum absolute atomic E-state index is 0. The van der Waals surface area contributed by atoms with E-state index in [0.717, 1.165) is 5.56 Å². The van der Waals surface area contributed by atoms with Gasteiger partial charge in [0.25, 0.3) is 5.89 Å². The first kappa shape index (κ1) is 14.7.